The fraction of sp³-hybridized carbons (Fsp3) is 0.400. The van der Waals surface area contributed by atoms with Gasteiger partial charge in [-0.3, -0.25) is 9.69 Å². The van der Waals surface area contributed by atoms with Crippen LogP contribution in [0.4, 0.5) is 0 Å². The predicted molar refractivity (Wildman–Crippen MR) is 68.8 cm³/mol. The van der Waals surface area contributed by atoms with Crippen molar-refractivity contribution < 1.29 is 9.53 Å². The van der Waals surface area contributed by atoms with E-state index < -0.39 is 0 Å². The molecule has 3 nitrogen and oxygen atoms in total. The maximum absolute atomic E-state index is 11.3. The summed E-state index contributed by atoms with van der Waals surface area (Å²) < 4.78 is 5.26. The summed E-state index contributed by atoms with van der Waals surface area (Å²) >= 11 is 0. The van der Waals surface area contributed by atoms with Crippen LogP contribution in [0.3, 0.4) is 0 Å². The summed E-state index contributed by atoms with van der Waals surface area (Å²) in [6.45, 7) is 0.896. The van der Waals surface area contributed by atoms with E-state index in [1.54, 1.807) is 0 Å². The number of nitrogens with zero attached hydrogens (tertiary/aromatic N) is 1. The molecule has 18 heavy (non-hydrogen) atoms. The SMILES string of the molecule is CN(Cc1ccccc1)[C@@H]1C=C[C@H]2OC(=O)C[C@@H]12. The van der Waals surface area contributed by atoms with Crippen molar-refractivity contribution in [2.45, 2.75) is 25.1 Å². The molecule has 0 radical (unpaired) electrons. The van der Waals surface area contributed by atoms with Gasteiger partial charge in [0.2, 0.25) is 0 Å². The first-order chi connectivity index (χ1) is 8.74. The van der Waals surface area contributed by atoms with E-state index in [1.807, 2.05) is 12.1 Å². The lowest BCUT2D eigenvalue weighted by Gasteiger charge is -2.27. The van der Waals surface area contributed by atoms with Gasteiger partial charge in [-0.05, 0) is 18.7 Å². The van der Waals surface area contributed by atoms with Crippen LogP contribution in [-0.4, -0.2) is 30.1 Å². The highest BCUT2D eigenvalue weighted by Crippen LogP contribution is 2.34. The highest BCUT2D eigenvalue weighted by atomic mass is 16.5. The molecular weight excluding hydrogens is 226 g/mol. The minimum Gasteiger partial charge on any atom is -0.458 e. The van der Waals surface area contributed by atoms with E-state index in [4.69, 9.17) is 4.74 Å². The molecule has 0 amide bonds. The van der Waals surface area contributed by atoms with E-state index in [2.05, 4.69) is 42.3 Å². The lowest BCUT2D eigenvalue weighted by atomic mass is 9.97. The number of hydrogen-bond acceptors (Lipinski definition) is 3. The van der Waals surface area contributed by atoms with Gasteiger partial charge in [-0.15, -0.1) is 0 Å². The van der Waals surface area contributed by atoms with E-state index in [1.165, 1.54) is 5.56 Å². The van der Waals surface area contributed by atoms with Gasteiger partial charge in [-0.2, -0.15) is 0 Å². The molecule has 0 spiro atoms. The lowest BCUT2D eigenvalue weighted by molar-refractivity contribution is -0.140. The summed E-state index contributed by atoms with van der Waals surface area (Å²) in [4.78, 5) is 13.6. The second-order valence-electron chi connectivity index (χ2n) is 5.10. The van der Waals surface area contributed by atoms with Gasteiger partial charge in [0.15, 0.2) is 0 Å². The molecule has 1 aromatic carbocycles. The number of rotatable bonds is 3. The van der Waals surface area contributed by atoms with Crippen LogP contribution in [-0.2, 0) is 16.1 Å². The number of hydrogen-bond donors (Lipinski definition) is 0. The standard InChI is InChI=1S/C15H17NO2/c1-16(10-11-5-3-2-4-6-11)13-7-8-14-12(13)9-15(17)18-14/h2-8,12-14H,9-10H2,1H3/t12-,13+,14+/m0/s1. The van der Waals surface area contributed by atoms with Crippen molar-refractivity contribution >= 4 is 5.97 Å². The Morgan fingerprint density at radius 3 is 2.83 bits per heavy atom. The Morgan fingerprint density at radius 2 is 2.06 bits per heavy atom. The molecule has 1 aromatic rings. The second-order valence-corrected chi connectivity index (χ2v) is 5.10. The van der Waals surface area contributed by atoms with Crippen molar-refractivity contribution in [2.75, 3.05) is 7.05 Å². The zero-order valence-corrected chi connectivity index (χ0v) is 10.5. The third-order valence-electron chi connectivity index (χ3n) is 3.81. The zero-order valence-electron chi connectivity index (χ0n) is 10.5. The number of fused-ring (bicyclic) bond motifs is 1. The van der Waals surface area contributed by atoms with Crippen molar-refractivity contribution in [1.29, 1.82) is 0 Å². The van der Waals surface area contributed by atoms with Gasteiger partial charge in [0, 0.05) is 18.5 Å². The van der Waals surface area contributed by atoms with Crippen LogP contribution in [0.15, 0.2) is 42.5 Å². The Morgan fingerprint density at radius 1 is 1.28 bits per heavy atom. The largest absolute Gasteiger partial charge is 0.458 e. The Hall–Kier alpha value is -1.61. The number of ether oxygens (including phenoxy) is 1. The number of likely N-dealkylation sites (N-methyl/N-ethyl adjacent to an activating group) is 1. The molecule has 1 fully saturated rings. The van der Waals surface area contributed by atoms with Crippen molar-refractivity contribution in [1.82, 2.24) is 4.90 Å². The monoisotopic (exact) mass is 243 g/mol. The topological polar surface area (TPSA) is 29.5 Å². The maximum Gasteiger partial charge on any atom is 0.306 e. The molecule has 1 heterocycles. The molecule has 0 aromatic heterocycles. The molecular formula is C15H17NO2. The van der Waals surface area contributed by atoms with Gasteiger partial charge in [-0.25, -0.2) is 0 Å². The number of benzene rings is 1. The second kappa shape index (κ2) is 4.58. The smallest absolute Gasteiger partial charge is 0.306 e. The van der Waals surface area contributed by atoms with Crippen LogP contribution in [0, 0.1) is 5.92 Å². The van der Waals surface area contributed by atoms with Gasteiger partial charge in [0.1, 0.15) is 6.10 Å². The van der Waals surface area contributed by atoms with E-state index in [0.717, 1.165) is 6.54 Å². The van der Waals surface area contributed by atoms with E-state index in [9.17, 15) is 4.79 Å². The summed E-state index contributed by atoms with van der Waals surface area (Å²) in [6, 6.07) is 10.7. The Balaban J connectivity index is 1.68. The minimum atomic E-state index is -0.0625. The first kappa shape index (κ1) is 11.5. The fourth-order valence-electron chi connectivity index (χ4n) is 2.91. The summed E-state index contributed by atoms with van der Waals surface area (Å²) in [5.74, 6) is 0.235. The number of carbonyl (C=O) groups excluding carboxylic acids is 1. The summed E-state index contributed by atoms with van der Waals surface area (Å²) in [5.41, 5.74) is 1.29. The van der Waals surface area contributed by atoms with Gasteiger partial charge < -0.3 is 4.74 Å². The van der Waals surface area contributed by atoms with Crippen molar-refractivity contribution in [3.05, 3.63) is 48.0 Å². The lowest BCUT2D eigenvalue weighted by Crippen LogP contribution is -2.35. The van der Waals surface area contributed by atoms with E-state index >= 15 is 0 Å². The highest BCUT2D eigenvalue weighted by Gasteiger charge is 2.42. The molecule has 3 atom stereocenters. The molecule has 94 valence electrons. The fourth-order valence-corrected chi connectivity index (χ4v) is 2.91. The van der Waals surface area contributed by atoms with Crippen molar-refractivity contribution in [3.63, 3.8) is 0 Å². The predicted octanol–water partition coefficient (Wildman–Crippen LogP) is 1.99. The van der Waals surface area contributed by atoms with Crippen molar-refractivity contribution in [2.24, 2.45) is 5.92 Å². The quantitative estimate of drug-likeness (QED) is 0.600. The first-order valence-corrected chi connectivity index (χ1v) is 6.36. The molecule has 0 bridgehead atoms. The molecule has 1 aliphatic carbocycles. The van der Waals surface area contributed by atoms with Gasteiger partial charge in [0.25, 0.3) is 0 Å². The summed E-state index contributed by atoms with van der Waals surface area (Å²) in [5, 5.41) is 0. The van der Waals surface area contributed by atoms with Gasteiger partial charge >= 0.3 is 5.97 Å². The van der Waals surface area contributed by atoms with Gasteiger partial charge in [-0.1, -0.05) is 36.4 Å². The van der Waals surface area contributed by atoms with E-state index in [-0.39, 0.29) is 12.1 Å². The Bertz CT molecular complexity index is 469. The molecule has 2 aliphatic rings. The Labute approximate surface area is 107 Å². The van der Waals surface area contributed by atoms with Gasteiger partial charge in [0.05, 0.1) is 6.42 Å². The average Bonchev–Trinajstić information content (AvgIpc) is 2.88. The molecule has 0 unspecified atom stereocenters. The average molecular weight is 243 g/mol. The molecule has 3 rings (SSSR count). The minimum absolute atomic E-state index is 0.000670. The third kappa shape index (κ3) is 2.06. The third-order valence-corrected chi connectivity index (χ3v) is 3.81. The van der Waals surface area contributed by atoms with Crippen LogP contribution in [0.25, 0.3) is 0 Å². The Kier molecular flexibility index (Phi) is 2.92. The zero-order chi connectivity index (χ0) is 12.5. The number of carbonyl (C=O) groups is 1. The molecule has 3 heteroatoms. The van der Waals surface area contributed by atoms with Crippen LogP contribution in [0.2, 0.25) is 0 Å². The maximum atomic E-state index is 11.3. The molecule has 1 saturated heterocycles. The van der Waals surface area contributed by atoms with Crippen LogP contribution < -0.4 is 0 Å². The normalized spacial score (nSPS) is 29.7. The van der Waals surface area contributed by atoms with Crippen LogP contribution in [0.5, 0.6) is 0 Å². The summed E-state index contributed by atoms with van der Waals surface area (Å²) in [6.07, 6.45) is 4.74. The summed E-state index contributed by atoms with van der Waals surface area (Å²) in [7, 11) is 2.10. The first-order valence-electron chi connectivity index (χ1n) is 6.36. The van der Waals surface area contributed by atoms with E-state index in [0.29, 0.717) is 18.4 Å². The van der Waals surface area contributed by atoms with Crippen LogP contribution >= 0.6 is 0 Å². The molecule has 1 aliphatic heterocycles. The molecule has 0 saturated carbocycles. The van der Waals surface area contributed by atoms with Crippen molar-refractivity contribution in [3.8, 4) is 0 Å². The number of esters is 1. The van der Waals surface area contributed by atoms with Crippen LogP contribution in [0.1, 0.15) is 12.0 Å². The molecule has 0 N–H and O–H groups in total. The highest BCUT2D eigenvalue weighted by molar-refractivity contribution is 5.73.